The van der Waals surface area contributed by atoms with E-state index in [1.807, 2.05) is 30.3 Å². The Morgan fingerprint density at radius 2 is 1.89 bits per heavy atom. The Labute approximate surface area is 166 Å². The molecule has 0 bridgehead atoms. The molecule has 1 heterocycles. The van der Waals surface area contributed by atoms with Gasteiger partial charge >= 0.3 is 12.1 Å². The zero-order chi connectivity index (χ0) is 20.7. The average Bonchev–Trinajstić information content (AvgIpc) is 2.80. The van der Waals surface area contributed by atoms with Crippen molar-refractivity contribution >= 4 is 18.0 Å². The largest absolute Gasteiger partial charge is 0.467 e. The maximum atomic E-state index is 13.1. The van der Waals surface area contributed by atoms with Crippen molar-refractivity contribution in [1.82, 2.24) is 10.2 Å². The van der Waals surface area contributed by atoms with E-state index in [-0.39, 0.29) is 5.91 Å². The van der Waals surface area contributed by atoms with Crippen molar-refractivity contribution in [3.8, 4) is 0 Å². The molecule has 0 unspecified atom stereocenters. The summed E-state index contributed by atoms with van der Waals surface area (Å²) in [5, 5.41) is 2.67. The van der Waals surface area contributed by atoms with E-state index in [1.54, 1.807) is 20.8 Å². The van der Waals surface area contributed by atoms with Gasteiger partial charge in [0.15, 0.2) is 0 Å². The Hall–Kier alpha value is -2.57. The van der Waals surface area contributed by atoms with Gasteiger partial charge in [-0.1, -0.05) is 30.3 Å². The number of amides is 2. The minimum Gasteiger partial charge on any atom is -0.467 e. The predicted octanol–water partition coefficient (Wildman–Crippen LogP) is 2.68. The van der Waals surface area contributed by atoms with Crippen molar-refractivity contribution in [3.63, 3.8) is 0 Å². The number of esters is 1. The molecule has 7 heteroatoms. The second-order valence-corrected chi connectivity index (χ2v) is 7.95. The van der Waals surface area contributed by atoms with Gasteiger partial charge in [-0.3, -0.25) is 4.79 Å². The second-order valence-electron chi connectivity index (χ2n) is 7.95. The van der Waals surface area contributed by atoms with Gasteiger partial charge in [0, 0.05) is 13.0 Å². The van der Waals surface area contributed by atoms with E-state index in [9.17, 15) is 14.4 Å². The molecule has 7 nitrogen and oxygen atoms in total. The van der Waals surface area contributed by atoms with E-state index < -0.39 is 29.7 Å². The standard InChI is InChI=1S/C21H30N2O5/c1-21(2,3)28-20(26)22-16-12-8-9-13-23(18(16)24)17(19(25)27-4)14-15-10-6-5-7-11-15/h5-7,10-11,16-17H,8-9,12-14H2,1-4H3,(H,22,26)/t16-,17+/m0/s1. The van der Waals surface area contributed by atoms with Crippen LogP contribution in [0.15, 0.2) is 30.3 Å². The third-order valence-corrected chi connectivity index (χ3v) is 4.54. The first-order valence-electron chi connectivity index (χ1n) is 9.63. The Kier molecular flexibility index (Phi) is 7.43. The maximum absolute atomic E-state index is 13.1. The first kappa shape index (κ1) is 21.7. The lowest BCUT2D eigenvalue weighted by molar-refractivity contribution is -0.153. The maximum Gasteiger partial charge on any atom is 0.408 e. The van der Waals surface area contributed by atoms with E-state index in [0.717, 1.165) is 18.4 Å². The molecule has 0 saturated carbocycles. The van der Waals surface area contributed by atoms with E-state index in [4.69, 9.17) is 9.47 Å². The van der Waals surface area contributed by atoms with E-state index in [2.05, 4.69) is 5.32 Å². The number of carbonyl (C=O) groups is 3. The Balaban J connectivity index is 2.18. The number of likely N-dealkylation sites (tertiary alicyclic amines) is 1. The molecule has 2 rings (SSSR count). The van der Waals surface area contributed by atoms with Gasteiger partial charge in [0.2, 0.25) is 5.91 Å². The summed E-state index contributed by atoms with van der Waals surface area (Å²) in [5.41, 5.74) is 0.283. The van der Waals surface area contributed by atoms with Crippen LogP contribution in [-0.2, 0) is 25.5 Å². The lowest BCUT2D eigenvalue weighted by Gasteiger charge is -2.31. The molecule has 1 aliphatic heterocycles. The molecule has 0 spiro atoms. The first-order valence-corrected chi connectivity index (χ1v) is 9.63. The van der Waals surface area contributed by atoms with E-state index in [0.29, 0.717) is 19.4 Å². The lowest BCUT2D eigenvalue weighted by Crippen LogP contribution is -2.54. The Morgan fingerprint density at radius 1 is 1.21 bits per heavy atom. The zero-order valence-corrected chi connectivity index (χ0v) is 17.1. The summed E-state index contributed by atoms with van der Waals surface area (Å²) in [5.74, 6) is -0.746. The quantitative estimate of drug-likeness (QED) is 0.782. The van der Waals surface area contributed by atoms with Crippen LogP contribution in [-0.4, -0.2) is 54.2 Å². The molecule has 2 atom stereocenters. The summed E-state index contributed by atoms with van der Waals surface area (Å²) >= 11 is 0. The van der Waals surface area contributed by atoms with Crippen molar-refractivity contribution in [3.05, 3.63) is 35.9 Å². The number of carbonyl (C=O) groups excluding carboxylic acids is 3. The number of hydrogen-bond acceptors (Lipinski definition) is 5. The molecule has 0 aliphatic carbocycles. The van der Waals surface area contributed by atoms with Gasteiger partial charge in [-0.2, -0.15) is 0 Å². The number of ether oxygens (including phenoxy) is 2. The van der Waals surface area contributed by atoms with Crippen molar-refractivity contribution in [2.75, 3.05) is 13.7 Å². The van der Waals surface area contributed by atoms with Gasteiger partial charge in [-0.25, -0.2) is 9.59 Å². The molecule has 1 aromatic rings. The summed E-state index contributed by atoms with van der Waals surface area (Å²) in [6.45, 7) is 5.74. The number of nitrogens with zero attached hydrogens (tertiary/aromatic N) is 1. The minimum absolute atomic E-state index is 0.283. The van der Waals surface area contributed by atoms with Gasteiger partial charge < -0.3 is 19.7 Å². The zero-order valence-electron chi connectivity index (χ0n) is 17.1. The van der Waals surface area contributed by atoms with Gasteiger partial charge in [-0.05, 0) is 45.6 Å². The molecule has 1 fully saturated rings. The van der Waals surface area contributed by atoms with Crippen LogP contribution in [0.25, 0.3) is 0 Å². The molecular formula is C21H30N2O5. The number of alkyl carbamates (subject to hydrolysis) is 1. The molecule has 0 radical (unpaired) electrons. The van der Waals surface area contributed by atoms with Crippen LogP contribution in [0.5, 0.6) is 0 Å². The molecule has 1 saturated heterocycles. The molecule has 1 aromatic carbocycles. The Morgan fingerprint density at radius 3 is 2.50 bits per heavy atom. The van der Waals surface area contributed by atoms with Crippen LogP contribution < -0.4 is 5.32 Å². The number of benzene rings is 1. The van der Waals surface area contributed by atoms with Crippen LogP contribution in [0.1, 0.15) is 45.6 Å². The number of rotatable bonds is 5. The summed E-state index contributed by atoms with van der Waals surface area (Å²) in [6.07, 6.45) is 1.75. The number of nitrogens with one attached hydrogen (secondary N) is 1. The Bertz CT molecular complexity index is 684. The van der Waals surface area contributed by atoms with Crippen molar-refractivity contribution in [2.24, 2.45) is 0 Å². The van der Waals surface area contributed by atoms with Crippen LogP contribution in [0.4, 0.5) is 4.79 Å². The normalized spacial score (nSPS) is 18.8. The third-order valence-electron chi connectivity index (χ3n) is 4.54. The molecule has 1 N–H and O–H groups in total. The SMILES string of the molecule is COC(=O)[C@@H](Cc1ccccc1)N1CCCC[C@H](NC(=O)OC(C)(C)C)C1=O. The topological polar surface area (TPSA) is 84.9 Å². The van der Waals surface area contributed by atoms with E-state index in [1.165, 1.54) is 12.0 Å². The summed E-state index contributed by atoms with van der Waals surface area (Å²) in [4.78, 5) is 39.3. The first-order chi connectivity index (χ1) is 13.2. The van der Waals surface area contributed by atoms with Crippen LogP contribution in [0.3, 0.4) is 0 Å². The predicted molar refractivity (Wildman–Crippen MR) is 105 cm³/mol. The molecule has 2 amide bonds. The van der Waals surface area contributed by atoms with Crippen molar-refractivity contribution in [1.29, 1.82) is 0 Å². The monoisotopic (exact) mass is 390 g/mol. The fourth-order valence-corrected chi connectivity index (χ4v) is 3.25. The van der Waals surface area contributed by atoms with Gasteiger partial charge in [0.05, 0.1) is 7.11 Å². The molecule has 1 aliphatic rings. The summed E-state index contributed by atoms with van der Waals surface area (Å²) in [6, 6.07) is 8.04. The molecule has 28 heavy (non-hydrogen) atoms. The summed E-state index contributed by atoms with van der Waals surface area (Å²) < 4.78 is 10.2. The third kappa shape index (κ3) is 6.25. The van der Waals surface area contributed by atoms with Crippen LogP contribution in [0, 0.1) is 0 Å². The van der Waals surface area contributed by atoms with Gasteiger partial charge in [-0.15, -0.1) is 0 Å². The van der Waals surface area contributed by atoms with Crippen molar-refractivity contribution in [2.45, 2.75) is 64.1 Å². The van der Waals surface area contributed by atoms with Crippen LogP contribution >= 0.6 is 0 Å². The lowest BCUT2D eigenvalue weighted by atomic mass is 10.0. The highest BCUT2D eigenvalue weighted by molar-refractivity contribution is 5.90. The number of methoxy groups -OCH3 is 1. The van der Waals surface area contributed by atoms with Crippen LogP contribution in [0.2, 0.25) is 0 Å². The minimum atomic E-state index is -0.735. The average molecular weight is 390 g/mol. The molecular weight excluding hydrogens is 360 g/mol. The molecule has 0 aromatic heterocycles. The fourth-order valence-electron chi connectivity index (χ4n) is 3.25. The second kappa shape index (κ2) is 9.57. The highest BCUT2D eigenvalue weighted by atomic mass is 16.6. The smallest absolute Gasteiger partial charge is 0.408 e. The highest BCUT2D eigenvalue weighted by Gasteiger charge is 2.37. The fraction of sp³-hybridized carbons (Fsp3) is 0.571. The molecule has 154 valence electrons. The van der Waals surface area contributed by atoms with Crippen molar-refractivity contribution < 1.29 is 23.9 Å². The van der Waals surface area contributed by atoms with Gasteiger partial charge in [0.25, 0.3) is 0 Å². The highest BCUT2D eigenvalue weighted by Crippen LogP contribution is 2.19. The summed E-state index contributed by atoms with van der Waals surface area (Å²) in [7, 11) is 1.32. The number of hydrogen-bond donors (Lipinski definition) is 1. The van der Waals surface area contributed by atoms with Gasteiger partial charge in [0.1, 0.15) is 17.7 Å². The van der Waals surface area contributed by atoms with E-state index >= 15 is 0 Å².